The minimum atomic E-state index is -1.03. The molecule has 3 rings (SSSR count). The summed E-state index contributed by atoms with van der Waals surface area (Å²) < 4.78 is 1.77. The lowest BCUT2D eigenvalue weighted by Gasteiger charge is -2.41. The SMILES string of the molecule is Cn1c(C(C)(C)C)cc(NC(=O)Nc2cccc(Cl)c2Cl)c1C(=O)N1CCNC(=O)C1(C)C. The van der Waals surface area contributed by atoms with Crippen molar-refractivity contribution in [2.24, 2.45) is 7.05 Å². The van der Waals surface area contributed by atoms with E-state index in [-0.39, 0.29) is 27.9 Å². The Morgan fingerprint density at radius 2 is 1.76 bits per heavy atom. The monoisotopic (exact) mass is 493 g/mol. The van der Waals surface area contributed by atoms with Gasteiger partial charge in [0.2, 0.25) is 5.91 Å². The maximum Gasteiger partial charge on any atom is 0.323 e. The van der Waals surface area contributed by atoms with Gasteiger partial charge in [-0.05, 0) is 32.0 Å². The third kappa shape index (κ3) is 4.82. The van der Waals surface area contributed by atoms with Gasteiger partial charge in [-0.15, -0.1) is 0 Å². The molecule has 0 radical (unpaired) electrons. The topological polar surface area (TPSA) is 95.5 Å². The summed E-state index contributed by atoms with van der Waals surface area (Å²) in [6, 6.07) is 6.12. The van der Waals surface area contributed by atoms with Crippen molar-refractivity contribution >= 4 is 52.4 Å². The standard InChI is InChI=1S/C23H29Cl2N5O3/c1-22(2,3)16-12-15(28-21(33)27-14-9-7-8-13(24)17(14)25)18(29(16)6)19(31)30-11-10-26-20(32)23(30,4)5/h7-9,12H,10-11H2,1-6H3,(H,26,32)(H2,27,28,33). The van der Waals surface area contributed by atoms with Crippen molar-refractivity contribution in [3.63, 3.8) is 0 Å². The maximum atomic E-state index is 13.7. The molecule has 1 saturated heterocycles. The third-order valence-electron chi connectivity index (χ3n) is 5.75. The Morgan fingerprint density at radius 1 is 1.12 bits per heavy atom. The van der Waals surface area contributed by atoms with Crippen molar-refractivity contribution in [3.8, 4) is 0 Å². The van der Waals surface area contributed by atoms with Crippen LogP contribution in [-0.4, -0.2) is 45.9 Å². The Labute approximate surface area is 203 Å². The fraction of sp³-hybridized carbons (Fsp3) is 0.435. The molecule has 1 aromatic carbocycles. The van der Waals surface area contributed by atoms with Gasteiger partial charge in [0, 0.05) is 31.2 Å². The fourth-order valence-electron chi connectivity index (χ4n) is 3.94. The van der Waals surface area contributed by atoms with E-state index in [1.807, 2.05) is 20.8 Å². The number of amides is 4. The van der Waals surface area contributed by atoms with Crippen LogP contribution in [0.25, 0.3) is 0 Å². The van der Waals surface area contributed by atoms with Gasteiger partial charge >= 0.3 is 6.03 Å². The highest BCUT2D eigenvalue weighted by molar-refractivity contribution is 6.44. The normalized spacial score (nSPS) is 15.8. The Morgan fingerprint density at radius 3 is 2.39 bits per heavy atom. The van der Waals surface area contributed by atoms with E-state index in [1.165, 1.54) is 4.90 Å². The zero-order valence-corrected chi connectivity index (χ0v) is 21.1. The van der Waals surface area contributed by atoms with E-state index in [9.17, 15) is 14.4 Å². The average molecular weight is 494 g/mol. The van der Waals surface area contributed by atoms with Gasteiger partial charge in [0.25, 0.3) is 5.91 Å². The highest BCUT2D eigenvalue weighted by Gasteiger charge is 2.42. The first-order chi connectivity index (χ1) is 15.2. The van der Waals surface area contributed by atoms with Crippen LogP contribution < -0.4 is 16.0 Å². The highest BCUT2D eigenvalue weighted by atomic mass is 35.5. The zero-order chi connectivity index (χ0) is 24.7. The molecule has 2 heterocycles. The van der Waals surface area contributed by atoms with E-state index in [4.69, 9.17) is 23.2 Å². The van der Waals surface area contributed by atoms with Crippen LogP contribution in [0.15, 0.2) is 24.3 Å². The van der Waals surface area contributed by atoms with Crippen molar-refractivity contribution in [1.82, 2.24) is 14.8 Å². The first-order valence-corrected chi connectivity index (χ1v) is 11.3. The van der Waals surface area contributed by atoms with Crippen LogP contribution in [-0.2, 0) is 17.3 Å². The molecule has 0 unspecified atom stereocenters. The van der Waals surface area contributed by atoms with E-state index in [2.05, 4.69) is 16.0 Å². The minimum absolute atomic E-state index is 0.218. The number of anilines is 2. The van der Waals surface area contributed by atoms with Gasteiger partial charge in [0.1, 0.15) is 11.2 Å². The summed E-state index contributed by atoms with van der Waals surface area (Å²) in [5, 5.41) is 8.77. The van der Waals surface area contributed by atoms with Gasteiger partial charge in [0.05, 0.1) is 21.4 Å². The lowest BCUT2D eigenvalue weighted by atomic mass is 9.92. The largest absolute Gasteiger partial charge is 0.352 e. The summed E-state index contributed by atoms with van der Waals surface area (Å²) in [6.45, 7) is 10.2. The van der Waals surface area contributed by atoms with Gasteiger partial charge in [-0.2, -0.15) is 0 Å². The zero-order valence-electron chi connectivity index (χ0n) is 19.6. The lowest BCUT2D eigenvalue weighted by Crippen LogP contribution is -2.63. The maximum absolute atomic E-state index is 13.7. The molecule has 1 aromatic heterocycles. The Hall–Kier alpha value is -2.71. The van der Waals surface area contributed by atoms with Crippen LogP contribution in [0.1, 0.15) is 50.8 Å². The van der Waals surface area contributed by atoms with Gasteiger partial charge in [-0.3, -0.25) is 9.59 Å². The highest BCUT2D eigenvalue weighted by Crippen LogP contribution is 2.33. The Kier molecular flexibility index (Phi) is 6.73. The molecule has 0 aliphatic carbocycles. The molecule has 0 bridgehead atoms. The summed E-state index contributed by atoms with van der Waals surface area (Å²) >= 11 is 12.2. The molecule has 178 valence electrons. The van der Waals surface area contributed by atoms with Crippen molar-refractivity contribution in [2.75, 3.05) is 23.7 Å². The van der Waals surface area contributed by atoms with Crippen LogP contribution in [0.4, 0.5) is 16.2 Å². The number of benzene rings is 1. The number of halogens is 2. The van der Waals surface area contributed by atoms with Crippen molar-refractivity contribution in [3.05, 3.63) is 45.7 Å². The molecule has 0 atom stereocenters. The fourth-order valence-corrected chi connectivity index (χ4v) is 4.28. The molecule has 2 aromatic rings. The molecule has 3 N–H and O–H groups in total. The van der Waals surface area contributed by atoms with E-state index >= 15 is 0 Å². The first-order valence-electron chi connectivity index (χ1n) is 10.6. The van der Waals surface area contributed by atoms with E-state index in [0.29, 0.717) is 29.5 Å². The molecular weight excluding hydrogens is 465 g/mol. The molecule has 4 amide bonds. The number of hydrogen-bond donors (Lipinski definition) is 3. The number of carbonyl (C=O) groups excluding carboxylic acids is 3. The molecule has 33 heavy (non-hydrogen) atoms. The number of nitrogens with zero attached hydrogens (tertiary/aromatic N) is 2. The second kappa shape index (κ2) is 8.91. The van der Waals surface area contributed by atoms with Crippen molar-refractivity contribution < 1.29 is 14.4 Å². The van der Waals surface area contributed by atoms with Gasteiger partial charge in [-0.25, -0.2) is 4.79 Å². The molecular formula is C23H29Cl2N5O3. The quantitative estimate of drug-likeness (QED) is 0.581. The molecule has 1 fully saturated rings. The van der Waals surface area contributed by atoms with E-state index < -0.39 is 11.6 Å². The number of rotatable bonds is 3. The van der Waals surface area contributed by atoms with E-state index in [0.717, 1.165) is 5.69 Å². The van der Waals surface area contributed by atoms with Gasteiger partial charge in [-0.1, -0.05) is 50.0 Å². The van der Waals surface area contributed by atoms with Crippen molar-refractivity contribution in [1.29, 1.82) is 0 Å². The summed E-state index contributed by atoms with van der Waals surface area (Å²) in [7, 11) is 1.78. The van der Waals surface area contributed by atoms with Crippen LogP contribution in [0.2, 0.25) is 10.0 Å². The number of hydrogen-bond acceptors (Lipinski definition) is 3. The molecule has 10 heteroatoms. The molecule has 1 aliphatic rings. The third-order valence-corrected chi connectivity index (χ3v) is 6.57. The van der Waals surface area contributed by atoms with Crippen LogP contribution in [0, 0.1) is 0 Å². The number of piperazine rings is 1. The predicted octanol–water partition coefficient (Wildman–Crippen LogP) is 4.62. The number of aromatic nitrogens is 1. The molecule has 0 spiro atoms. The predicted molar refractivity (Wildman–Crippen MR) is 131 cm³/mol. The number of urea groups is 1. The van der Waals surface area contributed by atoms with Gasteiger partial charge in [0.15, 0.2) is 0 Å². The molecule has 0 saturated carbocycles. The van der Waals surface area contributed by atoms with Crippen molar-refractivity contribution in [2.45, 2.75) is 45.6 Å². The smallest absolute Gasteiger partial charge is 0.323 e. The summed E-state index contributed by atoms with van der Waals surface area (Å²) in [5.74, 6) is -0.570. The summed E-state index contributed by atoms with van der Waals surface area (Å²) in [5.41, 5.74) is 0.483. The second-order valence-electron chi connectivity index (χ2n) is 9.55. The van der Waals surface area contributed by atoms with Crippen LogP contribution in [0.3, 0.4) is 0 Å². The lowest BCUT2D eigenvalue weighted by molar-refractivity contribution is -0.133. The van der Waals surface area contributed by atoms with E-state index in [1.54, 1.807) is 49.7 Å². The summed E-state index contributed by atoms with van der Waals surface area (Å²) in [4.78, 5) is 40.5. The molecule has 8 nitrogen and oxygen atoms in total. The Balaban J connectivity index is 1.99. The Bertz CT molecular complexity index is 1120. The van der Waals surface area contributed by atoms with Crippen LogP contribution >= 0.6 is 23.2 Å². The average Bonchev–Trinajstić information content (AvgIpc) is 3.03. The second-order valence-corrected chi connectivity index (χ2v) is 10.3. The summed E-state index contributed by atoms with van der Waals surface area (Å²) in [6.07, 6.45) is 0. The molecule has 1 aliphatic heterocycles. The van der Waals surface area contributed by atoms with Gasteiger partial charge < -0.3 is 25.4 Å². The number of carbonyl (C=O) groups is 3. The minimum Gasteiger partial charge on any atom is -0.352 e. The number of nitrogens with one attached hydrogen (secondary N) is 3. The van der Waals surface area contributed by atoms with Crippen LogP contribution in [0.5, 0.6) is 0 Å². The first kappa shape index (κ1) is 24.9.